The summed E-state index contributed by atoms with van der Waals surface area (Å²) in [6.07, 6.45) is 1.75. The Labute approximate surface area is 149 Å². The molecule has 1 fully saturated rings. The lowest BCUT2D eigenvalue weighted by molar-refractivity contribution is -0.125. The maximum atomic E-state index is 12.5. The molecule has 0 bridgehead atoms. The molecular formula is C17H26Cl2N2O2. The minimum absolute atomic E-state index is 0. The molecule has 4 nitrogen and oxygen atoms in total. The number of carbonyl (C=O) groups excluding carboxylic acids is 1. The average molecular weight is 361 g/mol. The number of halogens is 2. The van der Waals surface area contributed by atoms with Gasteiger partial charge in [0.15, 0.2) is 0 Å². The van der Waals surface area contributed by atoms with E-state index in [4.69, 9.17) is 16.3 Å². The van der Waals surface area contributed by atoms with Gasteiger partial charge in [-0.25, -0.2) is 0 Å². The predicted molar refractivity (Wildman–Crippen MR) is 96.6 cm³/mol. The van der Waals surface area contributed by atoms with E-state index < -0.39 is 0 Å². The van der Waals surface area contributed by atoms with E-state index in [-0.39, 0.29) is 30.3 Å². The van der Waals surface area contributed by atoms with E-state index >= 15 is 0 Å². The van der Waals surface area contributed by atoms with Gasteiger partial charge in [0.2, 0.25) is 5.91 Å². The van der Waals surface area contributed by atoms with Gasteiger partial charge >= 0.3 is 0 Å². The Kier molecular flexibility index (Phi) is 8.17. The topological polar surface area (TPSA) is 50.4 Å². The highest BCUT2D eigenvalue weighted by Gasteiger charge is 2.26. The molecule has 2 N–H and O–H groups in total. The lowest BCUT2D eigenvalue weighted by atomic mass is 9.95. The molecule has 1 amide bonds. The number of ether oxygens (including phenoxy) is 1. The highest BCUT2D eigenvalue weighted by molar-refractivity contribution is 6.30. The van der Waals surface area contributed by atoms with E-state index in [1.807, 2.05) is 12.1 Å². The second kappa shape index (κ2) is 9.36. The normalized spacial score (nSPS) is 18.4. The number of benzene rings is 1. The van der Waals surface area contributed by atoms with Crippen molar-refractivity contribution in [2.45, 2.75) is 32.7 Å². The van der Waals surface area contributed by atoms with Crippen molar-refractivity contribution in [2.75, 3.05) is 20.2 Å². The fraction of sp³-hybridized carbons (Fsp3) is 0.588. The minimum atomic E-state index is -0.0817. The number of hydrogen-bond acceptors (Lipinski definition) is 3. The Morgan fingerprint density at radius 3 is 2.78 bits per heavy atom. The van der Waals surface area contributed by atoms with Crippen LogP contribution in [0.25, 0.3) is 0 Å². The fourth-order valence-electron chi connectivity index (χ4n) is 2.88. The standard InChI is InChI=1S/C17H25ClN2O2.ClH/c1-11(2)8-15(20-17(21)12-6-7-19-10-12)14-9-13(18)4-5-16(14)22-3;/h4-5,9,11-12,15,19H,6-8,10H2,1-3H3,(H,20,21);1H. The molecule has 1 saturated heterocycles. The Bertz CT molecular complexity index is 517. The summed E-state index contributed by atoms with van der Waals surface area (Å²) < 4.78 is 5.45. The van der Waals surface area contributed by atoms with Crippen LogP contribution in [0.3, 0.4) is 0 Å². The van der Waals surface area contributed by atoms with Crippen molar-refractivity contribution >= 4 is 29.9 Å². The monoisotopic (exact) mass is 360 g/mol. The minimum Gasteiger partial charge on any atom is -0.496 e. The van der Waals surface area contributed by atoms with Crippen molar-refractivity contribution in [1.82, 2.24) is 10.6 Å². The number of rotatable bonds is 6. The number of methoxy groups -OCH3 is 1. The second-order valence-electron chi connectivity index (χ2n) is 6.27. The molecule has 2 atom stereocenters. The zero-order valence-corrected chi connectivity index (χ0v) is 15.5. The first-order valence-electron chi connectivity index (χ1n) is 7.85. The van der Waals surface area contributed by atoms with Crippen LogP contribution in [-0.2, 0) is 4.79 Å². The average Bonchev–Trinajstić information content (AvgIpc) is 3.00. The van der Waals surface area contributed by atoms with Crippen molar-refractivity contribution in [1.29, 1.82) is 0 Å². The van der Waals surface area contributed by atoms with E-state index in [1.54, 1.807) is 13.2 Å². The summed E-state index contributed by atoms with van der Waals surface area (Å²) in [6, 6.07) is 5.47. The summed E-state index contributed by atoms with van der Waals surface area (Å²) in [6.45, 7) is 5.96. The van der Waals surface area contributed by atoms with Crippen LogP contribution in [0.15, 0.2) is 18.2 Å². The maximum Gasteiger partial charge on any atom is 0.224 e. The number of carbonyl (C=O) groups is 1. The molecule has 1 aliphatic rings. The van der Waals surface area contributed by atoms with Crippen LogP contribution in [0.4, 0.5) is 0 Å². The van der Waals surface area contributed by atoms with Gasteiger partial charge in [0.05, 0.1) is 19.1 Å². The quantitative estimate of drug-likeness (QED) is 0.814. The van der Waals surface area contributed by atoms with Gasteiger partial charge in [0.25, 0.3) is 0 Å². The molecule has 2 unspecified atom stereocenters. The summed E-state index contributed by atoms with van der Waals surface area (Å²) in [5, 5.41) is 7.08. The third-order valence-electron chi connectivity index (χ3n) is 4.02. The van der Waals surface area contributed by atoms with Crippen LogP contribution in [0.1, 0.15) is 38.3 Å². The van der Waals surface area contributed by atoms with Crippen molar-refractivity contribution in [3.63, 3.8) is 0 Å². The van der Waals surface area contributed by atoms with E-state index in [1.165, 1.54) is 0 Å². The largest absolute Gasteiger partial charge is 0.496 e. The zero-order valence-electron chi connectivity index (χ0n) is 13.9. The van der Waals surface area contributed by atoms with Crippen LogP contribution < -0.4 is 15.4 Å². The van der Waals surface area contributed by atoms with Crippen molar-refractivity contribution in [3.8, 4) is 5.75 Å². The van der Waals surface area contributed by atoms with Crippen molar-refractivity contribution < 1.29 is 9.53 Å². The molecule has 0 aliphatic carbocycles. The summed E-state index contributed by atoms with van der Waals surface area (Å²) in [7, 11) is 1.64. The SMILES string of the molecule is COc1ccc(Cl)cc1C(CC(C)C)NC(=O)C1CCNC1.Cl. The zero-order chi connectivity index (χ0) is 16.1. The van der Waals surface area contributed by atoms with Crippen LogP contribution in [0.2, 0.25) is 5.02 Å². The summed E-state index contributed by atoms with van der Waals surface area (Å²) in [4.78, 5) is 12.5. The van der Waals surface area contributed by atoms with Crippen molar-refractivity contribution in [2.24, 2.45) is 11.8 Å². The maximum absolute atomic E-state index is 12.5. The number of hydrogen-bond donors (Lipinski definition) is 2. The van der Waals surface area contributed by atoms with Gasteiger partial charge in [-0.15, -0.1) is 12.4 Å². The van der Waals surface area contributed by atoms with E-state index in [0.29, 0.717) is 10.9 Å². The molecule has 0 saturated carbocycles. The van der Waals surface area contributed by atoms with Gasteiger partial charge in [-0.1, -0.05) is 25.4 Å². The summed E-state index contributed by atoms with van der Waals surface area (Å²) >= 11 is 6.14. The molecule has 2 rings (SSSR count). The van der Waals surface area contributed by atoms with Gasteiger partial charge in [-0.3, -0.25) is 4.79 Å². The van der Waals surface area contributed by atoms with Crippen LogP contribution in [0.5, 0.6) is 5.75 Å². The van der Waals surface area contributed by atoms with Crippen LogP contribution in [0, 0.1) is 11.8 Å². The molecule has 6 heteroatoms. The molecule has 0 radical (unpaired) electrons. The molecular weight excluding hydrogens is 335 g/mol. The summed E-state index contributed by atoms with van der Waals surface area (Å²) in [5.74, 6) is 1.38. The van der Waals surface area contributed by atoms with Gasteiger partial charge in [0.1, 0.15) is 5.75 Å². The third kappa shape index (κ3) is 5.55. The third-order valence-corrected chi connectivity index (χ3v) is 4.26. The highest BCUT2D eigenvalue weighted by atomic mass is 35.5. The molecule has 0 spiro atoms. The fourth-order valence-corrected chi connectivity index (χ4v) is 3.06. The lowest BCUT2D eigenvalue weighted by Gasteiger charge is -2.24. The number of amides is 1. The lowest BCUT2D eigenvalue weighted by Crippen LogP contribution is -2.35. The van der Waals surface area contributed by atoms with Gasteiger partial charge in [0, 0.05) is 17.1 Å². The molecule has 1 aromatic rings. The number of nitrogens with one attached hydrogen (secondary N) is 2. The second-order valence-corrected chi connectivity index (χ2v) is 6.70. The Morgan fingerprint density at radius 2 is 2.22 bits per heavy atom. The van der Waals surface area contributed by atoms with Gasteiger partial charge in [-0.2, -0.15) is 0 Å². The van der Waals surface area contributed by atoms with Crippen LogP contribution >= 0.6 is 24.0 Å². The van der Waals surface area contributed by atoms with E-state index in [0.717, 1.165) is 37.2 Å². The Balaban J connectivity index is 0.00000264. The molecule has 23 heavy (non-hydrogen) atoms. The van der Waals surface area contributed by atoms with Crippen LogP contribution in [-0.4, -0.2) is 26.1 Å². The van der Waals surface area contributed by atoms with Gasteiger partial charge < -0.3 is 15.4 Å². The molecule has 130 valence electrons. The smallest absolute Gasteiger partial charge is 0.224 e. The van der Waals surface area contributed by atoms with Crippen molar-refractivity contribution in [3.05, 3.63) is 28.8 Å². The van der Waals surface area contributed by atoms with E-state index in [2.05, 4.69) is 24.5 Å². The Hall–Kier alpha value is -0.970. The molecule has 1 heterocycles. The first kappa shape index (κ1) is 20.1. The first-order valence-corrected chi connectivity index (χ1v) is 8.23. The Morgan fingerprint density at radius 1 is 1.48 bits per heavy atom. The molecule has 0 aromatic heterocycles. The first-order chi connectivity index (χ1) is 10.5. The van der Waals surface area contributed by atoms with Gasteiger partial charge in [-0.05, 0) is 43.5 Å². The molecule has 1 aliphatic heterocycles. The summed E-state index contributed by atoms with van der Waals surface area (Å²) in [5.41, 5.74) is 0.947. The molecule has 1 aromatic carbocycles. The van der Waals surface area contributed by atoms with E-state index in [9.17, 15) is 4.79 Å². The predicted octanol–water partition coefficient (Wildman–Crippen LogP) is 3.58. The highest BCUT2D eigenvalue weighted by Crippen LogP contribution is 2.32.